The third-order valence-corrected chi connectivity index (χ3v) is 8.42. The molecule has 2 aliphatic carbocycles. The number of esters is 1. The summed E-state index contributed by atoms with van der Waals surface area (Å²) in [4.78, 5) is 13.4. The van der Waals surface area contributed by atoms with Gasteiger partial charge in [0.15, 0.2) is 0 Å². The van der Waals surface area contributed by atoms with Crippen LogP contribution >= 0.6 is 11.3 Å². The van der Waals surface area contributed by atoms with E-state index >= 15 is 0 Å². The van der Waals surface area contributed by atoms with E-state index in [1.54, 1.807) is 0 Å². The molecule has 162 valence electrons. The first-order valence-corrected chi connectivity index (χ1v) is 12.0. The molecule has 0 aliphatic heterocycles. The quantitative estimate of drug-likeness (QED) is 0.365. The number of rotatable bonds is 10. The predicted octanol–water partition coefficient (Wildman–Crippen LogP) is 6.11. The number of methoxy groups -OCH3 is 1. The van der Waals surface area contributed by atoms with E-state index in [1.165, 1.54) is 29.7 Å². The Bertz CT molecular complexity index is 689. The van der Waals surface area contributed by atoms with Crippen LogP contribution in [0.1, 0.15) is 79.3 Å². The summed E-state index contributed by atoms with van der Waals surface area (Å²) in [6.07, 6.45) is 12.7. The molecule has 3 rings (SSSR count). The van der Waals surface area contributed by atoms with Gasteiger partial charge in [-0.1, -0.05) is 25.5 Å². The third kappa shape index (κ3) is 5.29. The third-order valence-electron chi connectivity index (χ3n) is 7.30. The van der Waals surface area contributed by atoms with Gasteiger partial charge in [0.25, 0.3) is 0 Å². The molecule has 0 aromatic carbocycles. The Balaban J connectivity index is 1.46. The number of hydrogen-bond donors (Lipinski definition) is 1. The Labute approximate surface area is 178 Å². The van der Waals surface area contributed by atoms with E-state index in [9.17, 15) is 14.3 Å². The topological polar surface area (TPSA) is 46.5 Å². The lowest BCUT2D eigenvalue weighted by Gasteiger charge is -2.45. The van der Waals surface area contributed by atoms with E-state index in [4.69, 9.17) is 4.74 Å². The number of allylic oxidation sites excluding steroid dienone is 1. The molecule has 1 aromatic heterocycles. The molecular formula is C24H35FO3S. The van der Waals surface area contributed by atoms with Crippen LogP contribution < -0.4 is 0 Å². The summed E-state index contributed by atoms with van der Waals surface area (Å²) in [6.45, 7) is 2.17. The van der Waals surface area contributed by atoms with E-state index in [0.717, 1.165) is 44.9 Å². The molecule has 1 N–H and O–H groups in total. The molecular weight excluding hydrogens is 387 g/mol. The first-order chi connectivity index (χ1) is 14.0. The van der Waals surface area contributed by atoms with Gasteiger partial charge in [0.1, 0.15) is 11.0 Å². The average Bonchev–Trinajstić information content (AvgIpc) is 3.29. The summed E-state index contributed by atoms with van der Waals surface area (Å²) in [5, 5.41) is 10.6. The average molecular weight is 423 g/mol. The minimum absolute atomic E-state index is 0.0184. The van der Waals surface area contributed by atoms with Crippen molar-refractivity contribution in [3.8, 4) is 0 Å². The largest absolute Gasteiger partial charge is 0.465 e. The summed E-state index contributed by atoms with van der Waals surface area (Å²) >= 11 is 1.49. The number of carbonyl (C=O) groups excluding carboxylic acids is 1. The van der Waals surface area contributed by atoms with E-state index < -0.39 is 6.17 Å². The van der Waals surface area contributed by atoms with Crippen LogP contribution in [0.3, 0.4) is 0 Å². The normalized spacial score (nSPS) is 27.1. The zero-order valence-electron chi connectivity index (χ0n) is 17.7. The zero-order chi connectivity index (χ0) is 20.9. The molecule has 4 atom stereocenters. The van der Waals surface area contributed by atoms with Gasteiger partial charge in [-0.15, -0.1) is 11.3 Å². The van der Waals surface area contributed by atoms with Crippen LogP contribution in [0.4, 0.5) is 4.39 Å². The summed E-state index contributed by atoms with van der Waals surface area (Å²) in [5.41, 5.74) is 0.109. The first-order valence-electron chi connectivity index (χ1n) is 11.1. The van der Waals surface area contributed by atoms with Crippen molar-refractivity contribution < 1.29 is 19.0 Å². The van der Waals surface area contributed by atoms with Crippen molar-refractivity contribution in [3.63, 3.8) is 0 Å². The maximum atomic E-state index is 14.5. The lowest BCUT2D eigenvalue weighted by Crippen LogP contribution is -2.40. The van der Waals surface area contributed by atoms with E-state index in [-0.39, 0.29) is 23.4 Å². The molecule has 2 aliphatic rings. The zero-order valence-corrected chi connectivity index (χ0v) is 18.6. The van der Waals surface area contributed by atoms with Crippen molar-refractivity contribution in [2.24, 2.45) is 17.3 Å². The maximum absolute atomic E-state index is 14.5. The number of aliphatic hydroxyl groups is 1. The van der Waals surface area contributed by atoms with E-state index in [2.05, 4.69) is 6.92 Å². The fourth-order valence-electron chi connectivity index (χ4n) is 5.10. The maximum Gasteiger partial charge on any atom is 0.348 e. The number of thiophene rings is 1. The lowest BCUT2D eigenvalue weighted by molar-refractivity contribution is -0.0355. The lowest BCUT2D eigenvalue weighted by atomic mass is 9.63. The van der Waals surface area contributed by atoms with Gasteiger partial charge in [-0.25, -0.2) is 9.18 Å². The molecule has 1 aromatic rings. The Morgan fingerprint density at radius 1 is 1.41 bits per heavy atom. The van der Waals surface area contributed by atoms with Crippen molar-refractivity contribution in [3.05, 3.63) is 34.0 Å². The highest BCUT2D eigenvalue weighted by Crippen LogP contribution is 2.47. The van der Waals surface area contributed by atoms with Gasteiger partial charge >= 0.3 is 5.97 Å². The fraction of sp³-hybridized carbons (Fsp3) is 0.708. The minimum atomic E-state index is -0.759. The van der Waals surface area contributed by atoms with Crippen molar-refractivity contribution in [1.29, 1.82) is 0 Å². The highest BCUT2D eigenvalue weighted by molar-refractivity contribution is 7.13. The van der Waals surface area contributed by atoms with Gasteiger partial charge in [0.2, 0.25) is 0 Å². The molecule has 3 nitrogen and oxygen atoms in total. The predicted molar refractivity (Wildman–Crippen MR) is 116 cm³/mol. The van der Waals surface area contributed by atoms with Crippen LogP contribution in [0.15, 0.2) is 24.3 Å². The number of aryl methyl sites for hydroxylation is 1. The molecule has 0 amide bonds. The molecule has 5 heteroatoms. The molecule has 2 saturated carbocycles. The summed E-state index contributed by atoms with van der Waals surface area (Å²) < 4.78 is 19.2. The van der Waals surface area contributed by atoms with Crippen molar-refractivity contribution >= 4 is 17.3 Å². The molecule has 1 unspecified atom stereocenters. The number of ether oxygens (including phenoxy) is 1. The molecule has 0 radical (unpaired) electrons. The molecule has 0 saturated heterocycles. The van der Waals surface area contributed by atoms with Gasteiger partial charge < -0.3 is 9.84 Å². The van der Waals surface area contributed by atoms with Gasteiger partial charge in [0, 0.05) is 10.8 Å². The van der Waals surface area contributed by atoms with Crippen LogP contribution in [0.5, 0.6) is 0 Å². The van der Waals surface area contributed by atoms with Crippen LogP contribution in [0.2, 0.25) is 0 Å². The first kappa shape index (κ1) is 22.5. The number of halogens is 1. The molecule has 0 bridgehead atoms. The molecule has 0 spiro atoms. The van der Waals surface area contributed by atoms with Gasteiger partial charge in [0.05, 0.1) is 13.2 Å². The van der Waals surface area contributed by atoms with Gasteiger partial charge in [-0.3, -0.25) is 0 Å². The van der Waals surface area contributed by atoms with Crippen molar-refractivity contribution in [1.82, 2.24) is 0 Å². The Morgan fingerprint density at radius 3 is 2.86 bits per heavy atom. The molecule has 1 heterocycles. The number of aliphatic hydroxyl groups excluding tert-OH is 1. The highest BCUT2D eigenvalue weighted by atomic mass is 32.1. The summed E-state index contributed by atoms with van der Waals surface area (Å²) in [5.74, 6) is 0.0776. The van der Waals surface area contributed by atoms with Crippen LogP contribution in [-0.2, 0) is 11.2 Å². The summed E-state index contributed by atoms with van der Waals surface area (Å²) in [7, 11) is 1.40. The SMILES string of the molecule is CCC1(C(O)C/C=C/[C@@H]2[C@@H](CCCc3ccc(C(=O)OC)s3)CC[C@H]2F)CCC1. The highest BCUT2D eigenvalue weighted by Gasteiger charge is 2.41. The second-order valence-electron chi connectivity index (χ2n) is 8.83. The second-order valence-corrected chi connectivity index (χ2v) is 10.00. The molecule has 2 fully saturated rings. The molecule has 29 heavy (non-hydrogen) atoms. The fourth-order valence-corrected chi connectivity index (χ4v) is 6.06. The number of carbonyl (C=O) groups is 1. The van der Waals surface area contributed by atoms with E-state index in [0.29, 0.717) is 23.6 Å². The Morgan fingerprint density at radius 2 is 2.21 bits per heavy atom. The minimum Gasteiger partial charge on any atom is -0.465 e. The van der Waals surface area contributed by atoms with Crippen LogP contribution in [-0.4, -0.2) is 30.5 Å². The van der Waals surface area contributed by atoms with Gasteiger partial charge in [-0.05, 0) is 81.3 Å². The van der Waals surface area contributed by atoms with Crippen molar-refractivity contribution in [2.75, 3.05) is 7.11 Å². The smallest absolute Gasteiger partial charge is 0.348 e. The Hall–Kier alpha value is -1.20. The van der Waals surface area contributed by atoms with Crippen molar-refractivity contribution in [2.45, 2.75) is 83.4 Å². The van der Waals surface area contributed by atoms with E-state index in [1.807, 2.05) is 24.3 Å². The standard InChI is InChI=1S/C24H35FO3S/c1-3-24(15-6-16-24)22(26)10-5-9-19-17(11-13-20(19)25)7-4-8-18-12-14-21(29-18)23(27)28-2/h5,9,12,14,17,19-20,22,26H,3-4,6-8,10-11,13,15-16H2,1-2H3/b9-5+/t17-,19+,20+,22?/m0/s1. The van der Waals surface area contributed by atoms with Crippen LogP contribution in [0, 0.1) is 17.3 Å². The number of hydrogen-bond acceptors (Lipinski definition) is 4. The summed E-state index contributed by atoms with van der Waals surface area (Å²) in [6, 6.07) is 3.81. The van der Waals surface area contributed by atoms with Gasteiger partial charge in [-0.2, -0.15) is 0 Å². The monoisotopic (exact) mass is 422 g/mol. The van der Waals surface area contributed by atoms with Crippen LogP contribution in [0.25, 0.3) is 0 Å². The second kappa shape index (κ2) is 10.2. The number of alkyl halides is 1. The Kier molecular flexibility index (Phi) is 7.92.